The van der Waals surface area contributed by atoms with Crippen molar-refractivity contribution < 1.29 is 9.90 Å². The molecule has 108 valence electrons. The van der Waals surface area contributed by atoms with E-state index in [-0.39, 0.29) is 6.10 Å². The Balaban J connectivity index is 1.83. The third kappa shape index (κ3) is 2.42. The fourth-order valence-electron chi connectivity index (χ4n) is 4.71. The van der Waals surface area contributed by atoms with Crippen molar-refractivity contribution in [2.75, 3.05) is 6.54 Å². The molecule has 3 unspecified atom stereocenters. The summed E-state index contributed by atoms with van der Waals surface area (Å²) in [7, 11) is 0. The summed E-state index contributed by atoms with van der Waals surface area (Å²) < 4.78 is 0. The summed E-state index contributed by atoms with van der Waals surface area (Å²) in [5.41, 5.74) is 0.339. The van der Waals surface area contributed by atoms with Gasteiger partial charge < -0.3 is 10.0 Å². The van der Waals surface area contributed by atoms with Gasteiger partial charge in [0.15, 0.2) is 0 Å². The predicted octanol–water partition coefficient (Wildman–Crippen LogP) is 2.72. The van der Waals surface area contributed by atoms with Crippen LogP contribution in [0.4, 0.5) is 0 Å². The van der Waals surface area contributed by atoms with E-state index in [1.165, 1.54) is 25.7 Å². The standard InChI is InChI=1S/C16H27NO2/c1-12-4-5-15(19)17(11-12)14-10-13(18)6-9-16(14)7-2-3-8-16/h12-14,18H,2-11H2,1H3. The highest BCUT2D eigenvalue weighted by atomic mass is 16.3. The predicted molar refractivity (Wildman–Crippen MR) is 74.7 cm³/mol. The molecule has 0 aromatic carbocycles. The maximum atomic E-state index is 12.3. The molecule has 3 nitrogen and oxygen atoms in total. The van der Waals surface area contributed by atoms with E-state index in [2.05, 4.69) is 11.8 Å². The summed E-state index contributed by atoms with van der Waals surface area (Å²) >= 11 is 0. The maximum Gasteiger partial charge on any atom is 0.222 e. The fraction of sp³-hybridized carbons (Fsp3) is 0.938. The third-order valence-corrected chi connectivity index (χ3v) is 5.83. The molecule has 3 atom stereocenters. The van der Waals surface area contributed by atoms with Gasteiger partial charge in [-0.1, -0.05) is 19.8 Å². The number of hydrogen-bond donors (Lipinski definition) is 1. The second kappa shape index (κ2) is 5.08. The van der Waals surface area contributed by atoms with E-state index in [1.807, 2.05) is 0 Å². The number of amides is 1. The average Bonchev–Trinajstić information content (AvgIpc) is 2.85. The first-order valence-electron chi connectivity index (χ1n) is 8.08. The normalized spacial score (nSPS) is 38.9. The minimum absolute atomic E-state index is 0.193. The molecule has 3 aliphatic rings. The van der Waals surface area contributed by atoms with Crippen LogP contribution in [-0.4, -0.2) is 34.6 Å². The van der Waals surface area contributed by atoms with E-state index in [0.717, 1.165) is 32.2 Å². The lowest BCUT2D eigenvalue weighted by atomic mass is 9.67. The molecule has 0 aromatic heterocycles. The smallest absolute Gasteiger partial charge is 0.222 e. The Morgan fingerprint density at radius 3 is 2.68 bits per heavy atom. The lowest BCUT2D eigenvalue weighted by Gasteiger charge is -2.50. The number of carbonyl (C=O) groups excluding carboxylic acids is 1. The van der Waals surface area contributed by atoms with Crippen LogP contribution in [0.25, 0.3) is 0 Å². The van der Waals surface area contributed by atoms with Gasteiger partial charge in [-0.25, -0.2) is 0 Å². The van der Waals surface area contributed by atoms with Gasteiger partial charge in [0.05, 0.1) is 6.10 Å². The molecule has 3 rings (SSSR count). The van der Waals surface area contributed by atoms with E-state index in [1.54, 1.807) is 0 Å². The lowest BCUT2D eigenvalue weighted by Crippen LogP contribution is -2.56. The Labute approximate surface area is 116 Å². The van der Waals surface area contributed by atoms with E-state index in [0.29, 0.717) is 29.7 Å². The van der Waals surface area contributed by atoms with Crippen molar-refractivity contribution in [1.29, 1.82) is 0 Å². The molecule has 19 heavy (non-hydrogen) atoms. The van der Waals surface area contributed by atoms with Gasteiger partial charge >= 0.3 is 0 Å². The summed E-state index contributed by atoms with van der Waals surface area (Å²) in [5.74, 6) is 0.957. The number of likely N-dealkylation sites (tertiary alicyclic amines) is 1. The summed E-state index contributed by atoms with van der Waals surface area (Å²) in [4.78, 5) is 14.5. The Kier molecular flexibility index (Phi) is 3.59. The molecule has 0 aromatic rings. The van der Waals surface area contributed by atoms with Crippen molar-refractivity contribution in [3.63, 3.8) is 0 Å². The molecule has 2 aliphatic carbocycles. The van der Waals surface area contributed by atoms with Crippen molar-refractivity contribution >= 4 is 5.91 Å². The van der Waals surface area contributed by atoms with E-state index < -0.39 is 0 Å². The van der Waals surface area contributed by atoms with Gasteiger partial charge in [-0.05, 0) is 49.9 Å². The minimum Gasteiger partial charge on any atom is -0.393 e. The van der Waals surface area contributed by atoms with Gasteiger partial charge in [0.2, 0.25) is 5.91 Å². The topological polar surface area (TPSA) is 40.5 Å². The Morgan fingerprint density at radius 1 is 1.21 bits per heavy atom. The van der Waals surface area contributed by atoms with Crippen LogP contribution in [-0.2, 0) is 4.79 Å². The van der Waals surface area contributed by atoms with Gasteiger partial charge in [-0.15, -0.1) is 0 Å². The summed E-state index contributed by atoms with van der Waals surface area (Å²) in [5, 5.41) is 10.1. The zero-order valence-corrected chi connectivity index (χ0v) is 12.1. The van der Waals surface area contributed by atoms with Crippen LogP contribution >= 0.6 is 0 Å². The van der Waals surface area contributed by atoms with E-state index in [4.69, 9.17) is 0 Å². The minimum atomic E-state index is -0.193. The molecule has 2 saturated carbocycles. The zero-order valence-electron chi connectivity index (χ0n) is 12.1. The van der Waals surface area contributed by atoms with E-state index in [9.17, 15) is 9.90 Å². The monoisotopic (exact) mass is 265 g/mol. The second-order valence-corrected chi connectivity index (χ2v) is 7.20. The quantitative estimate of drug-likeness (QED) is 0.792. The molecule has 0 bridgehead atoms. The van der Waals surface area contributed by atoms with Crippen LogP contribution in [0, 0.1) is 11.3 Å². The van der Waals surface area contributed by atoms with Gasteiger partial charge in [-0.3, -0.25) is 4.79 Å². The molecular weight excluding hydrogens is 238 g/mol. The SMILES string of the molecule is CC1CCC(=O)N(C2CC(O)CCC23CCCC3)C1. The van der Waals surface area contributed by atoms with Crippen molar-refractivity contribution in [1.82, 2.24) is 4.90 Å². The average molecular weight is 265 g/mol. The highest BCUT2D eigenvalue weighted by molar-refractivity contribution is 5.77. The Hall–Kier alpha value is -0.570. The summed E-state index contributed by atoms with van der Waals surface area (Å²) in [6.45, 7) is 3.16. The number of carbonyl (C=O) groups is 1. The Bertz CT molecular complexity index is 349. The highest BCUT2D eigenvalue weighted by Gasteiger charge is 2.49. The molecule has 1 saturated heterocycles. The van der Waals surface area contributed by atoms with Crippen LogP contribution in [0.15, 0.2) is 0 Å². The molecular formula is C16H27NO2. The van der Waals surface area contributed by atoms with Gasteiger partial charge in [0.1, 0.15) is 0 Å². The lowest BCUT2D eigenvalue weighted by molar-refractivity contribution is -0.144. The Morgan fingerprint density at radius 2 is 1.95 bits per heavy atom. The molecule has 1 amide bonds. The van der Waals surface area contributed by atoms with Crippen molar-refractivity contribution in [2.24, 2.45) is 11.3 Å². The summed E-state index contributed by atoms with van der Waals surface area (Å²) in [6.07, 6.45) is 9.59. The highest BCUT2D eigenvalue weighted by Crippen LogP contribution is 2.51. The van der Waals surface area contributed by atoms with Crippen molar-refractivity contribution in [3.05, 3.63) is 0 Å². The maximum absolute atomic E-state index is 12.3. The number of nitrogens with zero attached hydrogens (tertiary/aromatic N) is 1. The largest absolute Gasteiger partial charge is 0.393 e. The number of piperidine rings is 1. The van der Waals surface area contributed by atoms with Crippen LogP contribution in [0.3, 0.4) is 0 Å². The molecule has 0 radical (unpaired) electrons. The molecule has 1 aliphatic heterocycles. The van der Waals surface area contributed by atoms with Gasteiger partial charge in [0.25, 0.3) is 0 Å². The number of aliphatic hydroxyl groups is 1. The van der Waals surface area contributed by atoms with E-state index >= 15 is 0 Å². The summed E-state index contributed by atoms with van der Waals surface area (Å²) in [6, 6.07) is 0.314. The van der Waals surface area contributed by atoms with Gasteiger partial charge in [-0.2, -0.15) is 0 Å². The number of hydrogen-bond acceptors (Lipinski definition) is 2. The van der Waals surface area contributed by atoms with Crippen LogP contribution in [0.1, 0.15) is 64.7 Å². The first-order valence-corrected chi connectivity index (χ1v) is 8.08. The van der Waals surface area contributed by atoms with Crippen molar-refractivity contribution in [3.8, 4) is 0 Å². The second-order valence-electron chi connectivity index (χ2n) is 7.20. The molecule has 1 heterocycles. The first kappa shape index (κ1) is 13.4. The zero-order chi connectivity index (χ0) is 13.5. The molecule has 3 heteroatoms. The first-order chi connectivity index (χ1) is 9.11. The number of aliphatic hydroxyl groups excluding tert-OH is 1. The van der Waals surface area contributed by atoms with Crippen LogP contribution < -0.4 is 0 Å². The third-order valence-electron chi connectivity index (χ3n) is 5.83. The fourth-order valence-corrected chi connectivity index (χ4v) is 4.71. The number of rotatable bonds is 1. The van der Waals surface area contributed by atoms with Crippen molar-refractivity contribution in [2.45, 2.75) is 76.9 Å². The van der Waals surface area contributed by atoms with Gasteiger partial charge in [0, 0.05) is 19.0 Å². The van der Waals surface area contributed by atoms with Crippen LogP contribution in [0.5, 0.6) is 0 Å². The molecule has 1 spiro atoms. The van der Waals surface area contributed by atoms with Crippen LogP contribution in [0.2, 0.25) is 0 Å². The molecule has 3 fully saturated rings. The molecule has 1 N–H and O–H groups in total.